The van der Waals surface area contributed by atoms with Crippen LogP contribution in [0.15, 0.2) is 18.2 Å². The van der Waals surface area contributed by atoms with Crippen molar-refractivity contribution in [2.24, 2.45) is 0 Å². The van der Waals surface area contributed by atoms with Gasteiger partial charge in [0.1, 0.15) is 17.1 Å². The number of unbranched alkanes of at least 4 members (excludes halogenated alkanes) is 10. The second-order valence-electron chi connectivity index (χ2n) is 8.98. The molecule has 0 bridgehead atoms. The van der Waals surface area contributed by atoms with Crippen molar-refractivity contribution in [2.75, 3.05) is 0 Å². The Bertz CT molecular complexity index is 665. The van der Waals surface area contributed by atoms with Crippen molar-refractivity contribution < 1.29 is 17.7 Å². The average molecular weight is 455 g/mol. The van der Waals surface area contributed by atoms with Gasteiger partial charge in [0, 0.05) is 0 Å². The van der Waals surface area contributed by atoms with Crippen molar-refractivity contribution in [3.8, 4) is 5.75 Å². The third kappa shape index (κ3) is 11.4. The molecule has 0 heterocycles. The molecule has 0 aliphatic rings. The Morgan fingerprint density at radius 2 is 1.19 bits per heavy atom. The molecule has 0 spiro atoms. The van der Waals surface area contributed by atoms with Crippen LogP contribution in [-0.2, 0) is 23.0 Å². The Hall–Kier alpha value is -1.07. The monoisotopic (exact) mass is 454 g/mol. The molecule has 0 aliphatic carbocycles. The van der Waals surface area contributed by atoms with E-state index in [-0.39, 0.29) is 0 Å². The van der Waals surface area contributed by atoms with Gasteiger partial charge in [0.15, 0.2) is 0 Å². The third-order valence-electron chi connectivity index (χ3n) is 6.21. The molecule has 0 amide bonds. The zero-order chi connectivity index (χ0) is 23.1. The molecular weight excluding hydrogens is 408 g/mol. The van der Waals surface area contributed by atoms with Crippen LogP contribution in [-0.4, -0.2) is 24.3 Å². The minimum atomic E-state index is -4.13. The second kappa shape index (κ2) is 15.7. The van der Waals surface area contributed by atoms with E-state index in [1.54, 1.807) is 6.92 Å². The molecule has 31 heavy (non-hydrogen) atoms. The number of hydrogen-bond donors (Lipinski definition) is 1. The molecule has 0 saturated carbocycles. The highest BCUT2D eigenvalue weighted by Gasteiger charge is 2.27. The van der Waals surface area contributed by atoms with Crippen LogP contribution in [0.1, 0.15) is 116 Å². The summed E-state index contributed by atoms with van der Waals surface area (Å²) >= 11 is 0. The lowest BCUT2D eigenvalue weighted by Gasteiger charge is -2.23. The van der Waals surface area contributed by atoms with Crippen LogP contribution in [0.2, 0.25) is 0 Å². The number of para-hydroxylation sites is 1. The molecule has 5 heteroatoms. The Balaban J connectivity index is 2.84. The van der Waals surface area contributed by atoms with Gasteiger partial charge in [-0.05, 0) is 50.7 Å². The normalized spacial score (nSPS) is 13.8. The van der Waals surface area contributed by atoms with Gasteiger partial charge in [-0.2, -0.15) is 8.42 Å². The van der Waals surface area contributed by atoms with E-state index < -0.39 is 21.5 Å². The maximum Gasteiger partial charge on any atom is 0.271 e. The van der Waals surface area contributed by atoms with Crippen LogP contribution < -0.4 is 4.74 Å². The molecule has 2 unspecified atom stereocenters. The minimum absolute atomic E-state index is 0.607. The van der Waals surface area contributed by atoms with Crippen molar-refractivity contribution >= 4 is 10.1 Å². The quantitative estimate of drug-likeness (QED) is 0.184. The Kier molecular flexibility index (Phi) is 14.1. The first kappa shape index (κ1) is 28.0. The predicted octanol–water partition coefficient (Wildman–Crippen LogP) is 7.54. The van der Waals surface area contributed by atoms with Crippen molar-refractivity contribution in [1.29, 1.82) is 0 Å². The molecular formula is C26H46O4S. The fourth-order valence-electron chi connectivity index (χ4n) is 3.90. The smallest absolute Gasteiger partial charge is 0.271 e. The Labute approximate surface area is 191 Å². The molecule has 0 fully saturated rings. The lowest BCUT2D eigenvalue weighted by atomic mass is 9.98. The average Bonchev–Trinajstić information content (AvgIpc) is 2.73. The summed E-state index contributed by atoms with van der Waals surface area (Å²) in [6.07, 6.45) is 16.1. The van der Waals surface area contributed by atoms with E-state index in [0.717, 1.165) is 42.6 Å². The first-order valence-electron chi connectivity index (χ1n) is 12.5. The lowest BCUT2D eigenvalue weighted by Crippen LogP contribution is -2.33. The van der Waals surface area contributed by atoms with Crippen molar-refractivity contribution in [2.45, 2.75) is 129 Å². The maximum absolute atomic E-state index is 11.6. The first-order valence-corrected chi connectivity index (χ1v) is 14.0. The van der Waals surface area contributed by atoms with E-state index in [1.165, 1.54) is 71.1 Å². The van der Waals surface area contributed by atoms with Gasteiger partial charge in [-0.1, -0.05) is 96.3 Å². The van der Waals surface area contributed by atoms with Gasteiger partial charge >= 0.3 is 0 Å². The summed E-state index contributed by atoms with van der Waals surface area (Å²) < 4.78 is 38.9. The summed E-state index contributed by atoms with van der Waals surface area (Å²) in [5.41, 5.74) is 2.32. The predicted molar refractivity (Wildman–Crippen MR) is 132 cm³/mol. The maximum atomic E-state index is 11.6. The van der Waals surface area contributed by atoms with E-state index in [1.807, 2.05) is 0 Å². The van der Waals surface area contributed by atoms with Crippen LogP contribution >= 0.6 is 0 Å². The summed E-state index contributed by atoms with van der Waals surface area (Å²) in [6, 6.07) is 6.32. The van der Waals surface area contributed by atoms with Crippen LogP contribution in [0.4, 0.5) is 0 Å². The van der Waals surface area contributed by atoms with E-state index in [4.69, 9.17) is 4.74 Å². The van der Waals surface area contributed by atoms with Crippen LogP contribution in [0.25, 0.3) is 0 Å². The summed E-state index contributed by atoms with van der Waals surface area (Å²) in [4.78, 5) is 0. The molecule has 2 atom stereocenters. The molecule has 0 saturated heterocycles. The number of hydrogen-bond acceptors (Lipinski definition) is 3. The SMILES string of the molecule is CCCCCCCCc1cccc(CCCCCCCC)c1OC(C)C(C)S(=O)(=O)O. The lowest BCUT2D eigenvalue weighted by molar-refractivity contribution is 0.210. The molecule has 1 N–H and O–H groups in total. The molecule has 0 radical (unpaired) electrons. The van der Waals surface area contributed by atoms with Crippen molar-refractivity contribution in [1.82, 2.24) is 0 Å². The third-order valence-corrected chi connectivity index (χ3v) is 7.54. The molecule has 1 aromatic carbocycles. The highest BCUT2D eigenvalue weighted by Crippen LogP contribution is 2.30. The standard InChI is InChI=1S/C26H46O4S/c1-5-7-9-11-13-15-18-24-20-17-21-25(19-16-14-12-10-8-6-2)26(24)30-22(3)23(4)31(27,28)29/h17,20-23H,5-16,18-19H2,1-4H3,(H,27,28,29). The summed E-state index contributed by atoms with van der Waals surface area (Å²) in [6.45, 7) is 7.69. The molecule has 0 aromatic heterocycles. The van der Waals surface area contributed by atoms with Gasteiger partial charge in [-0.25, -0.2) is 0 Å². The Morgan fingerprint density at radius 3 is 1.61 bits per heavy atom. The van der Waals surface area contributed by atoms with Crippen molar-refractivity contribution in [3.05, 3.63) is 29.3 Å². The van der Waals surface area contributed by atoms with Crippen LogP contribution in [0.3, 0.4) is 0 Å². The zero-order valence-corrected chi connectivity index (χ0v) is 21.2. The summed E-state index contributed by atoms with van der Waals surface area (Å²) in [5, 5.41) is -0.962. The molecule has 1 rings (SSSR count). The Morgan fingerprint density at radius 1 is 0.774 bits per heavy atom. The van der Waals surface area contributed by atoms with Crippen LogP contribution in [0.5, 0.6) is 5.75 Å². The summed E-state index contributed by atoms with van der Waals surface area (Å²) in [5.74, 6) is 0.840. The van der Waals surface area contributed by atoms with E-state index in [0.29, 0.717) is 0 Å². The van der Waals surface area contributed by atoms with Gasteiger partial charge in [0.2, 0.25) is 0 Å². The van der Waals surface area contributed by atoms with E-state index >= 15 is 0 Å². The van der Waals surface area contributed by atoms with Gasteiger partial charge in [0.25, 0.3) is 10.1 Å². The first-order chi connectivity index (χ1) is 14.8. The largest absolute Gasteiger partial charge is 0.489 e. The molecule has 180 valence electrons. The second-order valence-corrected chi connectivity index (χ2v) is 10.8. The van der Waals surface area contributed by atoms with Gasteiger partial charge in [-0.3, -0.25) is 4.55 Å². The molecule has 4 nitrogen and oxygen atoms in total. The van der Waals surface area contributed by atoms with Gasteiger partial charge in [-0.15, -0.1) is 0 Å². The topological polar surface area (TPSA) is 63.6 Å². The number of aryl methyl sites for hydroxylation is 2. The van der Waals surface area contributed by atoms with Gasteiger partial charge < -0.3 is 4.74 Å². The number of benzene rings is 1. The highest BCUT2D eigenvalue weighted by atomic mass is 32.2. The fourth-order valence-corrected chi connectivity index (χ4v) is 4.44. The molecule has 0 aliphatic heterocycles. The number of ether oxygens (including phenoxy) is 1. The van der Waals surface area contributed by atoms with Gasteiger partial charge in [0.05, 0.1) is 0 Å². The van der Waals surface area contributed by atoms with E-state index in [9.17, 15) is 13.0 Å². The minimum Gasteiger partial charge on any atom is -0.489 e. The summed E-state index contributed by atoms with van der Waals surface area (Å²) in [7, 11) is -4.13. The molecule has 1 aromatic rings. The van der Waals surface area contributed by atoms with Crippen molar-refractivity contribution in [3.63, 3.8) is 0 Å². The zero-order valence-electron chi connectivity index (χ0n) is 20.4. The van der Waals surface area contributed by atoms with Crippen LogP contribution in [0, 0.1) is 0 Å². The van der Waals surface area contributed by atoms with E-state index in [2.05, 4.69) is 32.0 Å². The fraction of sp³-hybridized carbons (Fsp3) is 0.769. The number of rotatable bonds is 18. The highest BCUT2D eigenvalue weighted by molar-refractivity contribution is 7.86.